The van der Waals surface area contributed by atoms with Crippen molar-refractivity contribution in [2.24, 2.45) is 4.99 Å². The van der Waals surface area contributed by atoms with Gasteiger partial charge in [-0.2, -0.15) is 0 Å². The highest BCUT2D eigenvalue weighted by Gasteiger charge is 1.55. The van der Waals surface area contributed by atoms with E-state index in [1.165, 1.54) is 13.3 Å². The van der Waals surface area contributed by atoms with E-state index in [1.54, 1.807) is 0 Å². The maximum atomic E-state index is 9.07. The third kappa shape index (κ3) is 3.34. The summed E-state index contributed by atoms with van der Waals surface area (Å²) in [5.41, 5.74) is 0. The van der Waals surface area contributed by atoms with Crippen molar-refractivity contribution in [3.05, 3.63) is 0 Å². The molecule has 2 radical (unpaired) electrons. The summed E-state index contributed by atoms with van der Waals surface area (Å²) in [7, 11) is 1.46. The zero-order chi connectivity index (χ0) is 4.12. The first kappa shape index (κ1) is 4.34. The van der Waals surface area contributed by atoms with Crippen molar-refractivity contribution in [3.63, 3.8) is 0 Å². The van der Waals surface area contributed by atoms with Crippen LogP contribution in [-0.4, -0.2) is 19.5 Å². The van der Waals surface area contributed by atoms with Gasteiger partial charge in [0.15, 0.2) is 0 Å². The molecule has 0 saturated carbocycles. The van der Waals surface area contributed by atoms with E-state index in [0.29, 0.717) is 0 Å². The van der Waals surface area contributed by atoms with E-state index < -0.39 is 0 Å². The smallest absolute Gasteiger partial charge is 0.255 e. The highest BCUT2D eigenvalue weighted by molar-refractivity contribution is 6.13. The fraction of sp³-hybridized carbons (Fsp3) is 0.333. The topological polar surface area (TPSA) is 29.4 Å². The van der Waals surface area contributed by atoms with Crippen LogP contribution in [0.3, 0.4) is 0 Å². The summed E-state index contributed by atoms with van der Waals surface area (Å²) in [5.74, 6) is 0. The molecule has 26 valence electrons. The predicted octanol–water partition coefficient (Wildman–Crippen LogP) is -0.326. The molecule has 0 unspecified atom stereocenters. The molecule has 0 aromatic rings. The molecule has 0 aromatic carbocycles. The van der Waals surface area contributed by atoms with Gasteiger partial charge >= 0.3 is 0 Å². The van der Waals surface area contributed by atoms with Crippen molar-refractivity contribution in [1.82, 2.24) is 0 Å². The largest absolute Gasteiger partial charge is 0.283 e. The lowest BCUT2D eigenvalue weighted by atomic mass is 10.9. The molecule has 2 nitrogen and oxygen atoms in total. The van der Waals surface area contributed by atoms with Crippen LogP contribution in [0.4, 0.5) is 0 Å². The summed E-state index contributed by atoms with van der Waals surface area (Å²) in [6.45, 7) is 0. The van der Waals surface area contributed by atoms with Crippen LogP contribution in [0.25, 0.3) is 0 Å². The Morgan fingerprint density at radius 1 is 1.80 bits per heavy atom. The van der Waals surface area contributed by atoms with Crippen LogP contribution in [0, 0.1) is 0 Å². The van der Waals surface area contributed by atoms with Gasteiger partial charge in [0.1, 0.15) is 6.21 Å². The van der Waals surface area contributed by atoms with E-state index in [9.17, 15) is 0 Å². The Morgan fingerprint density at radius 2 is 2.40 bits per heavy atom. The van der Waals surface area contributed by atoms with Crippen molar-refractivity contribution < 1.29 is 4.79 Å². The quantitative estimate of drug-likeness (QED) is 0.388. The third-order valence-electron chi connectivity index (χ3n) is 0.157. The van der Waals surface area contributed by atoms with Crippen LogP contribution >= 0.6 is 0 Å². The lowest BCUT2D eigenvalue weighted by molar-refractivity contribution is 0.567. The fourth-order valence-corrected chi connectivity index (χ4v) is 0.0456. The van der Waals surface area contributed by atoms with Gasteiger partial charge in [0.2, 0.25) is 0 Å². The molecule has 0 aliphatic rings. The summed E-state index contributed by atoms with van der Waals surface area (Å²) < 4.78 is 0. The van der Waals surface area contributed by atoms with Crippen LogP contribution in [0.5, 0.6) is 0 Å². The number of rotatable bonds is 1. The second-order valence-electron chi connectivity index (χ2n) is 0.437. The maximum Gasteiger partial charge on any atom is 0.255 e. The van der Waals surface area contributed by atoms with E-state index in [4.69, 9.17) is 4.79 Å². The summed E-state index contributed by atoms with van der Waals surface area (Å²) in [6, 6.07) is 0. The third-order valence-corrected chi connectivity index (χ3v) is 0.157. The van der Waals surface area contributed by atoms with Crippen molar-refractivity contribution in [1.29, 1.82) is 0 Å². The van der Waals surface area contributed by atoms with Crippen LogP contribution in [0.15, 0.2) is 4.99 Å². The molecule has 0 rings (SSSR count). The molecule has 0 amide bonds. The van der Waals surface area contributed by atoms with Gasteiger partial charge in [-0.3, -0.25) is 9.79 Å². The Bertz CT molecular complexity index is 48.9. The van der Waals surface area contributed by atoms with Crippen molar-refractivity contribution in [2.75, 3.05) is 7.05 Å². The van der Waals surface area contributed by atoms with Crippen LogP contribution in [0.2, 0.25) is 0 Å². The highest BCUT2D eigenvalue weighted by atomic mass is 16.1. The molecular formula is C3H3NO. The maximum absolute atomic E-state index is 9.07. The second kappa shape index (κ2) is 3.34. The standard InChI is InChI=1S/C3H3NO/c1-4-2-3-5/h1H3. The Balaban J connectivity index is 2.92. The zero-order valence-corrected chi connectivity index (χ0v) is 2.86. The van der Waals surface area contributed by atoms with Crippen LogP contribution < -0.4 is 0 Å². The van der Waals surface area contributed by atoms with E-state index in [1.807, 2.05) is 6.21 Å². The van der Waals surface area contributed by atoms with E-state index in [0.717, 1.165) is 0 Å². The molecule has 0 spiro atoms. The summed E-state index contributed by atoms with van der Waals surface area (Å²) in [4.78, 5) is 12.3. The molecule has 0 saturated heterocycles. The van der Waals surface area contributed by atoms with Gasteiger partial charge in [0.25, 0.3) is 6.29 Å². The van der Waals surface area contributed by atoms with E-state index in [2.05, 4.69) is 4.99 Å². The molecule has 0 fully saturated rings. The lowest BCUT2D eigenvalue weighted by Gasteiger charge is -1.50. The first-order chi connectivity index (χ1) is 2.41. The lowest BCUT2D eigenvalue weighted by Crippen LogP contribution is -1.66. The highest BCUT2D eigenvalue weighted by Crippen LogP contribution is 1.38. The second-order valence-corrected chi connectivity index (χ2v) is 0.437. The minimum absolute atomic E-state index is 1.35. The van der Waals surface area contributed by atoms with Gasteiger partial charge in [-0.05, 0) is 0 Å². The monoisotopic (exact) mass is 69.0 g/mol. The SMILES string of the molecule is C/N=[C]\[C]=O. The zero-order valence-electron chi connectivity index (χ0n) is 2.86. The predicted molar refractivity (Wildman–Crippen MR) is 19.1 cm³/mol. The summed E-state index contributed by atoms with van der Waals surface area (Å²) in [6.07, 6.45) is 3.28. The average Bonchev–Trinajstić information content (AvgIpc) is 1.41. The number of carbonyl (C=O) groups excluding carboxylic acids is 1. The van der Waals surface area contributed by atoms with Gasteiger partial charge in [0.05, 0.1) is 0 Å². The average molecular weight is 69.1 g/mol. The molecule has 2 heteroatoms. The minimum atomic E-state index is 1.35. The summed E-state index contributed by atoms with van der Waals surface area (Å²) >= 11 is 0. The van der Waals surface area contributed by atoms with Gasteiger partial charge < -0.3 is 0 Å². The Labute approximate surface area is 30.5 Å². The molecule has 0 N–H and O–H groups in total. The Hall–Kier alpha value is -0.660. The molecular weight excluding hydrogens is 66.0 g/mol. The van der Waals surface area contributed by atoms with Gasteiger partial charge in [-0.25, -0.2) is 0 Å². The molecule has 0 bridgehead atoms. The van der Waals surface area contributed by atoms with Crippen LogP contribution in [-0.2, 0) is 4.79 Å². The molecule has 0 aliphatic carbocycles. The van der Waals surface area contributed by atoms with E-state index >= 15 is 0 Å². The number of hydrogen-bond donors (Lipinski definition) is 0. The molecule has 5 heavy (non-hydrogen) atoms. The van der Waals surface area contributed by atoms with Gasteiger partial charge in [0, 0.05) is 7.05 Å². The van der Waals surface area contributed by atoms with Crippen LogP contribution in [0.1, 0.15) is 0 Å². The molecule has 0 heterocycles. The van der Waals surface area contributed by atoms with E-state index in [-0.39, 0.29) is 0 Å². The molecule has 0 atom stereocenters. The molecule has 0 aromatic heterocycles. The Kier molecular flexibility index (Phi) is 2.90. The van der Waals surface area contributed by atoms with Crippen molar-refractivity contribution in [3.8, 4) is 0 Å². The van der Waals surface area contributed by atoms with Gasteiger partial charge in [-0.1, -0.05) is 0 Å². The number of hydrogen-bond acceptors (Lipinski definition) is 2. The number of nitrogens with zero attached hydrogens (tertiary/aromatic N) is 1. The first-order valence-corrected chi connectivity index (χ1v) is 1.12. The number of aliphatic imine (C=N–C) groups is 1. The Morgan fingerprint density at radius 3 is 2.40 bits per heavy atom. The summed E-state index contributed by atoms with van der Waals surface area (Å²) in [5, 5.41) is 0. The molecule has 0 aliphatic heterocycles. The fourth-order valence-electron chi connectivity index (χ4n) is 0.0456. The minimum Gasteiger partial charge on any atom is -0.283 e. The van der Waals surface area contributed by atoms with Crippen molar-refractivity contribution in [2.45, 2.75) is 0 Å². The van der Waals surface area contributed by atoms with Gasteiger partial charge in [-0.15, -0.1) is 0 Å². The normalized spacial score (nSPS) is 9.00. The van der Waals surface area contributed by atoms with Crippen molar-refractivity contribution >= 4 is 12.5 Å². The first-order valence-electron chi connectivity index (χ1n) is 1.12.